The van der Waals surface area contributed by atoms with Gasteiger partial charge in [-0.05, 0) is 36.4 Å². The molecule has 3 rings (SSSR count). The van der Waals surface area contributed by atoms with Gasteiger partial charge >= 0.3 is 0 Å². The number of amides is 1. The average molecular weight is 371 g/mol. The largest absolute Gasteiger partial charge is 0.342 e. The van der Waals surface area contributed by atoms with Gasteiger partial charge in [0.05, 0.1) is 5.75 Å². The van der Waals surface area contributed by atoms with Crippen molar-refractivity contribution in [2.75, 3.05) is 25.4 Å². The minimum Gasteiger partial charge on any atom is -0.342 e. The van der Waals surface area contributed by atoms with Crippen molar-refractivity contribution >= 4 is 52.4 Å². The van der Waals surface area contributed by atoms with Gasteiger partial charge in [0.15, 0.2) is 0 Å². The van der Waals surface area contributed by atoms with E-state index in [2.05, 4.69) is 0 Å². The zero-order valence-electron chi connectivity index (χ0n) is 12.7. The molecule has 2 aromatic rings. The Bertz CT molecular complexity index is 690. The molecule has 3 nitrogen and oxygen atoms in total. The van der Waals surface area contributed by atoms with E-state index in [-0.39, 0.29) is 18.3 Å². The van der Waals surface area contributed by atoms with Crippen molar-refractivity contribution in [1.82, 2.24) is 4.90 Å². The van der Waals surface area contributed by atoms with E-state index in [0.29, 0.717) is 18.2 Å². The lowest BCUT2D eigenvalue weighted by molar-refractivity contribution is -0.127. The second-order valence-corrected chi connectivity index (χ2v) is 7.04. The number of hydrogen-bond donors (Lipinski definition) is 1. The predicted octanol–water partition coefficient (Wildman–Crippen LogP) is 3.81. The standard InChI is InChI=1S/C17H19ClN2OS.ClH/c18-14-5-1-3-13-4-2-6-15(17(13)14)22-11-16(21)20-8-7-12(9-19)10-20;/h1-6,12H,7-11,19H2;1H. The number of hydrogen-bond acceptors (Lipinski definition) is 3. The Hall–Kier alpha value is -0.940. The zero-order chi connectivity index (χ0) is 15.5. The fourth-order valence-electron chi connectivity index (χ4n) is 2.86. The maximum Gasteiger partial charge on any atom is 0.232 e. The van der Waals surface area contributed by atoms with Gasteiger partial charge in [-0.15, -0.1) is 24.2 Å². The van der Waals surface area contributed by atoms with Crippen LogP contribution in [-0.2, 0) is 4.79 Å². The molecule has 1 fully saturated rings. The molecule has 2 aromatic carbocycles. The molecule has 1 amide bonds. The molecule has 124 valence electrons. The van der Waals surface area contributed by atoms with Gasteiger partial charge in [-0.1, -0.05) is 35.9 Å². The van der Waals surface area contributed by atoms with Crippen LogP contribution < -0.4 is 5.73 Å². The Morgan fingerprint density at radius 2 is 2.04 bits per heavy atom. The fourth-order valence-corrected chi connectivity index (χ4v) is 4.21. The highest BCUT2D eigenvalue weighted by molar-refractivity contribution is 8.00. The molecule has 1 atom stereocenters. The Morgan fingerprint density at radius 1 is 1.30 bits per heavy atom. The number of carbonyl (C=O) groups is 1. The van der Waals surface area contributed by atoms with Gasteiger partial charge in [-0.25, -0.2) is 0 Å². The number of thioether (sulfide) groups is 1. The smallest absolute Gasteiger partial charge is 0.232 e. The number of halogens is 2. The van der Waals surface area contributed by atoms with Crippen LogP contribution in [0, 0.1) is 5.92 Å². The van der Waals surface area contributed by atoms with Crippen LogP contribution >= 0.6 is 35.8 Å². The number of nitrogens with zero attached hydrogens (tertiary/aromatic N) is 1. The summed E-state index contributed by atoms with van der Waals surface area (Å²) < 4.78 is 0. The minimum absolute atomic E-state index is 0. The molecule has 0 radical (unpaired) electrons. The van der Waals surface area contributed by atoms with E-state index in [9.17, 15) is 4.79 Å². The Balaban J connectivity index is 0.00000192. The van der Waals surface area contributed by atoms with Crippen molar-refractivity contribution in [2.24, 2.45) is 11.7 Å². The van der Waals surface area contributed by atoms with Crippen molar-refractivity contribution in [3.8, 4) is 0 Å². The van der Waals surface area contributed by atoms with E-state index < -0.39 is 0 Å². The third-order valence-electron chi connectivity index (χ3n) is 4.14. The molecule has 0 spiro atoms. The van der Waals surface area contributed by atoms with Crippen LogP contribution in [0.3, 0.4) is 0 Å². The van der Waals surface area contributed by atoms with E-state index in [0.717, 1.165) is 40.2 Å². The second kappa shape index (κ2) is 8.25. The molecular weight excluding hydrogens is 351 g/mol. The number of fused-ring (bicyclic) bond motifs is 1. The number of rotatable bonds is 4. The van der Waals surface area contributed by atoms with Crippen molar-refractivity contribution < 1.29 is 4.79 Å². The summed E-state index contributed by atoms with van der Waals surface area (Å²) in [5.41, 5.74) is 5.68. The molecular formula is C17H20Cl2N2OS. The van der Waals surface area contributed by atoms with Gasteiger partial charge in [0.25, 0.3) is 0 Å². The number of nitrogens with two attached hydrogens (primary N) is 1. The van der Waals surface area contributed by atoms with E-state index in [1.807, 2.05) is 41.3 Å². The molecule has 6 heteroatoms. The summed E-state index contributed by atoms with van der Waals surface area (Å²) in [6, 6.07) is 12.0. The lowest BCUT2D eigenvalue weighted by Gasteiger charge is -2.16. The Labute approximate surface area is 152 Å². The second-order valence-electron chi connectivity index (χ2n) is 5.61. The molecule has 1 unspecified atom stereocenters. The van der Waals surface area contributed by atoms with E-state index in [1.165, 1.54) is 0 Å². The van der Waals surface area contributed by atoms with E-state index >= 15 is 0 Å². The van der Waals surface area contributed by atoms with Crippen LogP contribution in [0.4, 0.5) is 0 Å². The number of carbonyl (C=O) groups excluding carboxylic acids is 1. The van der Waals surface area contributed by atoms with Gasteiger partial charge in [0.1, 0.15) is 0 Å². The molecule has 1 heterocycles. The third-order valence-corrected chi connectivity index (χ3v) is 5.50. The molecule has 23 heavy (non-hydrogen) atoms. The summed E-state index contributed by atoms with van der Waals surface area (Å²) >= 11 is 7.88. The topological polar surface area (TPSA) is 46.3 Å². The summed E-state index contributed by atoms with van der Waals surface area (Å²) in [6.07, 6.45) is 1.02. The number of benzene rings is 2. The monoisotopic (exact) mass is 370 g/mol. The fraction of sp³-hybridized carbons (Fsp3) is 0.353. The first-order valence-corrected chi connectivity index (χ1v) is 8.83. The SMILES string of the molecule is Cl.NCC1CCN(C(=O)CSc2cccc3cccc(Cl)c23)C1. The van der Waals surface area contributed by atoms with Gasteiger partial charge in [0.2, 0.25) is 5.91 Å². The molecule has 1 aliphatic rings. The van der Waals surface area contributed by atoms with Crippen molar-refractivity contribution in [3.63, 3.8) is 0 Å². The van der Waals surface area contributed by atoms with Crippen molar-refractivity contribution in [2.45, 2.75) is 11.3 Å². The van der Waals surface area contributed by atoms with Crippen LogP contribution in [0.15, 0.2) is 41.3 Å². The average Bonchev–Trinajstić information content (AvgIpc) is 3.02. The van der Waals surface area contributed by atoms with Crippen LogP contribution in [0.2, 0.25) is 5.02 Å². The van der Waals surface area contributed by atoms with Gasteiger partial charge < -0.3 is 10.6 Å². The number of likely N-dealkylation sites (tertiary alicyclic amines) is 1. The van der Waals surface area contributed by atoms with Gasteiger partial charge in [-0.2, -0.15) is 0 Å². The predicted molar refractivity (Wildman–Crippen MR) is 101 cm³/mol. The maximum atomic E-state index is 12.3. The maximum absolute atomic E-state index is 12.3. The molecule has 0 aromatic heterocycles. The van der Waals surface area contributed by atoms with Crippen LogP contribution in [0.1, 0.15) is 6.42 Å². The minimum atomic E-state index is 0. The van der Waals surface area contributed by atoms with Crippen molar-refractivity contribution in [3.05, 3.63) is 41.4 Å². The first kappa shape index (κ1) is 18.4. The molecule has 2 N–H and O–H groups in total. The molecule has 1 saturated heterocycles. The molecule has 0 aliphatic carbocycles. The van der Waals surface area contributed by atoms with Crippen LogP contribution in [-0.4, -0.2) is 36.2 Å². The van der Waals surface area contributed by atoms with E-state index in [1.54, 1.807) is 11.8 Å². The summed E-state index contributed by atoms with van der Waals surface area (Å²) in [5.74, 6) is 1.09. The Kier molecular flexibility index (Phi) is 6.60. The highest BCUT2D eigenvalue weighted by Gasteiger charge is 2.25. The quantitative estimate of drug-likeness (QED) is 0.832. The molecule has 0 saturated carbocycles. The highest BCUT2D eigenvalue weighted by Crippen LogP contribution is 2.33. The summed E-state index contributed by atoms with van der Waals surface area (Å²) in [7, 11) is 0. The van der Waals surface area contributed by atoms with Crippen molar-refractivity contribution in [1.29, 1.82) is 0 Å². The summed E-state index contributed by atoms with van der Waals surface area (Å²) in [6.45, 7) is 2.29. The molecule has 0 bridgehead atoms. The normalized spacial score (nSPS) is 17.3. The lowest BCUT2D eigenvalue weighted by atomic mass is 10.1. The first-order valence-electron chi connectivity index (χ1n) is 7.47. The third kappa shape index (κ3) is 4.13. The van der Waals surface area contributed by atoms with Gasteiger partial charge in [0, 0.05) is 28.4 Å². The van der Waals surface area contributed by atoms with Crippen LogP contribution in [0.25, 0.3) is 10.8 Å². The Morgan fingerprint density at radius 3 is 2.74 bits per heavy atom. The van der Waals surface area contributed by atoms with Gasteiger partial charge in [-0.3, -0.25) is 4.79 Å². The van der Waals surface area contributed by atoms with E-state index in [4.69, 9.17) is 17.3 Å². The highest BCUT2D eigenvalue weighted by atomic mass is 35.5. The summed E-state index contributed by atoms with van der Waals surface area (Å²) in [5, 5.41) is 2.87. The first-order chi connectivity index (χ1) is 10.7. The summed E-state index contributed by atoms with van der Waals surface area (Å²) in [4.78, 5) is 15.3. The van der Waals surface area contributed by atoms with Crippen LogP contribution in [0.5, 0.6) is 0 Å². The zero-order valence-corrected chi connectivity index (χ0v) is 15.1. The molecule has 1 aliphatic heterocycles. The lowest BCUT2D eigenvalue weighted by Crippen LogP contribution is -2.31.